The van der Waals surface area contributed by atoms with E-state index in [1.165, 1.54) is 0 Å². The van der Waals surface area contributed by atoms with Crippen molar-refractivity contribution < 1.29 is 9.59 Å². The summed E-state index contributed by atoms with van der Waals surface area (Å²) in [5, 5.41) is 0. The first-order valence-electron chi connectivity index (χ1n) is 6.86. The largest absolute Gasteiger partial charge is 0.344 e. The van der Waals surface area contributed by atoms with Gasteiger partial charge in [0.25, 0.3) is 0 Å². The second-order valence-corrected chi connectivity index (χ2v) is 5.46. The van der Waals surface area contributed by atoms with E-state index in [2.05, 4.69) is 0 Å². The van der Waals surface area contributed by atoms with Gasteiger partial charge < -0.3 is 15.5 Å². The molecule has 0 aromatic carbocycles. The molecule has 1 heterocycles. The van der Waals surface area contributed by atoms with Crippen LogP contribution in [0.3, 0.4) is 0 Å². The molecule has 0 bridgehead atoms. The van der Waals surface area contributed by atoms with Crippen LogP contribution < -0.4 is 5.73 Å². The number of carbonyl (C=O) groups excluding carboxylic acids is 2. The van der Waals surface area contributed by atoms with E-state index in [0.29, 0.717) is 19.0 Å². The summed E-state index contributed by atoms with van der Waals surface area (Å²) in [6.45, 7) is 2.26. The topological polar surface area (TPSA) is 66.6 Å². The molecule has 0 aromatic rings. The fourth-order valence-corrected chi connectivity index (χ4v) is 3.05. The Labute approximate surface area is 108 Å². The molecule has 2 rings (SSSR count). The fourth-order valence-electron chi connectivity index (χ4n) is 3.05. The van der Waals surface area contributed by atoms with Crippen LogP contribution >= 0.6 is 0 Å². The number of likely N-dealkylation sites (N-methyl/N-ethyl adjacent to an activating group) is 1. The van der Waals surface area contributed by atoms with Gasteiger partial charge in [0.2, 0.25) is 11.8 Å². The minimum Gasteiger partial charge on any atom is -0.344 e. The Balaban J connectivity index is 2.01. The van der Waals surface area contributed by atoms with Crippen LogP contribution in [0.2, 0.25) is 0 Å². The summed E-state index contributed by atoms with van der Waals surface area (Å²) in [5.74, 6) is 0.550. The number of rotatable bonds is 2. The van der Waals surface area contributed by atoms with Crippen molar-refractivity contribution in [3.8, 4) is 0 Å². The van der Waals surface area contributed by atoms with Crippen LogP contribution in [0.5, 0.6) is 0 Å². The molecule has 0 radical (unpaired) electrons. The van der Waals surface area contributed by atoms with Gasteiger partial charge in [0, 0.05) is 26.1 Å². The summed E-state index contributed by atoms with van der Waals surface area (Å²) in [4.78, 5) is 27.7. The quantitative estimate of drug-likeness (QED) is 0.756. The molecule has 1 aliphatic carbocycles. The molecule has 2 amide bonds. The highest BCUT2D eigenvalue weighted by molar-refractivity contribution is 5.86. The molecule has 2 unspecified atom stereocenters. The van der Waals surface area contributed by atoms with Crippen LogP contribution in [0, 0.1) is 11.8 Å². The third-order valence-electron chi connectivity index (χ3n) is 4.26. The van der Waals surface area contributed by atoms with Gasteiger partial charge in [0.15, 0.2) is 0 Å². The van der Waals surface area contributed by atoms with Crippen molar-refractivity contribution in [3.63, 3.8) is 0 Å². The molecule has 2 N–H and O–H groups in total. The van der Waals surface area contributed by atoms with E-state index < -0.39 is 0 Å². The van der Waals surface area contributed by atoms with Gasteiger partial charge in [0.1, 0.15) is 0 Å². The maximum Gasteiger partial charge on any atom is 0.241 e. The standard InChI is InChI=1S/C13H23N3O2/c1-15-6-3-7-16(9-12(15)17)13(18)11-5-2-4-10(11)8-14/h10-11H,2-9,14H2,1H3. The molecule has 1 saturated heterocycles. The van der Waals surface area contributed by atoms with Crippen LogP contribution in [0.1, 0.15) is 25.7 Å². The maximum atomic E-state index is 12.5. The van der Waals surface area contributed by atoms with Gasteiger partial charge in [0.05, 0.1) is 6.54 Å². The zero-order chi connectivity index (χ0) is 13.1. The summed E-state index contributed by atoms with van der Waals surface area (Å²) in [6, 6.07) is 0. The Kier molecular flexibility index (Phi) is 4.22. The van der Waals surface area contributed by atoms with E-state index in [4.69, 9.17) is 5.73 Å². The Morgan fingerprint density at radius 3 is 2.83 bits per heavy atom. The summed E-state index contributed by atoms with van der Waals surface area (Å²) in [7, 11) is 1.80. The monoisotopic (exact) mass is 253 g/mol. The molecule has 1 saturated carbocycles. The second-order valence-electron chi connectivity index (χ2n) is 5.46. The predicted octanol–water partition coefficient (Wildman–Crippen LogP) is 0.0521. The average Bonchev–Trinajstić information content (AvgIpc) is 2.77. The molecule has 18 heavy (non-hydrogen) atoms. The molecular formula is C13H23N3O2. The number of amides is 2. The van der Waals surface area contributed by atoms with Crippen molar-refractivity contribution in [1.82, 2.24) is 9.80 Å². The lowest BCUT2D eigenvalue weighted by molar-refractivity contribution is -0.141. The van der Waals surface area contributed by atoms with Gasteiger partial charge in [-0.3, -0.25) is 9.59 Å². The van der Waals surface area contributed by atoms with E-state index in [-0.39, 0.29) is 24.3 Å². The van der Waals surface area contributed by atoms with Crippen molar-refractivity contribution in [2.45, 2.75) is 25.7 Å². The lowest BCUT2D eigenvalue weighted by Gasteiger charge is -2.26. The van der Waals surface area contributed by atoms with Gasteiger partial charge in [-0.15, -0.1) is 0 Å². The minimum atomic E-state index is 0.0446. The Morgan fingerprint density at radius 1 is 1.33 bits per heavy atom. The van der Waals surface area contributed by atoms with Crippen LogP contribution in [0.15, 0.2) is 0 Å². The molecule has 2 fully saturated rings. The van der Waals surface area contributed by atoms with Crippen molar-refractivity contribution in [3.05, 3.63) is 0 Å². The number of nitrogens with zero attached hydrogens (tertiary/aromatic N) is 2. The Hall–Kier alpha value is -1.10. The maximum absolute atomic E-state index is 12.5. The predicted molar refractivity (Wildman–Crippen MR) is 68.7 cm³/mol. The molecule has 5 nitrogen and oxygen atoms in total. The van der Waals surface area contributed by atoms with Crippen molar-refractivity contribution in [1.29, 1.82) is 0 Å². The fraction of sp³-hybridized carbons (Fsp3) is 0.846. The molecule has 102 valence electrons. The Bertz CT molecular complexity index is 332. The SMILES string of the molecule is CN1CCCN(C(=O)C2CCCC2CN)CC1=O. The third-order valence-corrected chi connectivity index (χ3v) is 4.26. The van der Waals surface area contributed by atoms with E-state index in [1.807, 2.05) is 0 Å². The van der Waals surface area contributed by atoms with Gasteiger partial charge in [-0.2, -0.15) is 0 Å². The zero-order valence-electron chi connectivity index (χ0n) is 11.1. The van der Waals surface area contributed by atoms with Crippen LogP contribution in [0.4, 0.5) is 0 Å². The summed E-state index contributed by atoms with van der Waals surface area (Å²) in [5.41, 5.74) is 5.73. The van der Waals surface area contributed by atoms with E-state index in [1.54, 1.807) is 16.8 Å². The molecule has 5 heteroatoms. The lowest BCUT2D eigenvalue weighted by atomic mass is 9.94. The smallest absolute Gasteiger partial charge is 0.241 e. The van der Waals surface area contributed by atoms with Gasteiger partial charge in [-0.05, 0) is 31.7 Å². The molecule has 0 aromatic heterocycles. The lowest BCUT2D eigenvalue weighted by Crippen LogP contribution is -2.42. The summed E-state index contributed by atoms with van der Waals surface area (Å²) in [6.07, 6.45) is 3.93. The number of hydrogen-bond donors (Lipinski definition) is 1. The highest BCUT2D eigenvalue weighted by atomic mass is 16.2. The third kappa shape index (κ3) is 2.66. The number of hydrogen-bond acceptors (Lipinski definition) is 3. The number of nitrogens with two attached hydrogens (primary N) is 1. The van der Waals surface area contributed by atoms with Gasteiger partial charge in [-0.1, -0.05) is 6.42 Å². The molecule has 2 atom stereocenters. The highest BCUT2D eigenvalue weighted by Gasteiger charge is 2.35. The number of carbonyl (C=O) groups is 2. The first-order valence-corrected chi connectivity index (χ1v) is 6.86. The van der Waals surface area contributed by atoms with Gasteiger partial charge >= 0.3 is 0 Å². The average molecular weight is 253 g/mol. The first kappa shape index (κ1) is 13.3. The Morgan fingerprint density at radius 2 is 2.11 bits per heavy atom. The van der Waals surface area contributed by atoms with E-state index in [0.717, 1.165) is 32.2 Å². The van der Waals surface area contributed by atoms with E-state index in [9.17, 15) is 9.59 Å². The molecule has 1 aliphatic heterocycles. The van der Waals surface area contributed by atoms with E-state index >= 15 is 0 Å². The van der Waals surface area contributed by atoms with Crippen LogP contribution in [-0.4, -0.2) is 54.8 Å². The van der Waals surface area contributed by atoms with Crippen molar-refractivity contribution in [2.75, 3.05) is 33.2 Å². The molecule has 2 aliphatic rings. The van der Waals surface area contributed by atoms with Crippen molar-refractivity contribution >= 4 is 11.8 Å². The van der Waals surface area contributed by atoms with Gasteiger partial charge in [-0.25, -0.2) is 0 Å². The second kappa shape index (κ2) is 5.69. The molecular weight excluding hydrogens is 230 g/mol. The normalized spacial score (nSPS) is 29.6. The summed E-state index contributed by atoms with van der Waals surface area (Å²) >= 11 is 0. The summed E-state index contributed by atoms with van der Waals surface area (Å²) < 4.78 is 0. The molecule has 0 spiro atoms. The van der Waals surface area contributed by atoms with Crippen LogP contribution in [0.25, 0.3) is 0 Å². The first-order chi connectivity index (χ1) is 8.63. The highest BCUT2D eigenvalue weighted by Crippen LogP contribution is 2.32. The van der Waals surface area contributed by atoms with Crippen molar-refractivity contribution in [2.24, 2.45) is 17.6 Å². The van der Waals surface area contributed by atoms with Crippen LogP contribution in [-0.2, 0) is 9.59 Å². The minimum absolute atomic E-state index is 0.0446. The zero-order valence-corrected chi connectivity index (χ0v) is 11.1.